The maximum absolute atomic E-state index is 11.7. The molecule has 0 bridgehead atoms. The van der Waals surface area contributed by atoms with Crippen molar-refractivity contribution < 1.29 is 9.53 Å². The molecular formula is C18H34O2. The van der Waals surface area contributed by atoms with E-state index in [-0.39, 0.29) is 11.4 Å². The second-order valence-corrected chi connectivity index (χ2v) is 7.85. The van der Waals surface area contributed by atoms with E-state index in [1.165, 1.54) is 0 Å². The van der Waals surface area contributed by atoms with Crippen molar-refractivity contribution in [2.24, 2.45) is 16.7 Å². The summed E-state index contributed by atoms with van der Waals surface area (Å²) in [5, 5.41) is 0. The van der Waals surface area contributed by atoms with Gasteiger partial charge in [-0.2, -0.15) is 0 Å². The molecule has 0 aromatic rings. The second kappa shape index (κ2) is 8.49. The van der Waals surface area contributed by atoms with Gasteiger partial charge in [0.05, 0.1) is 6.61 Å². The standard InChI is InChI=1S/C18H34O2/c1-8-15(2)14-20-16(19)10-13-18(6,7)12-9-11-17(3,4)5/h9,12,15H,8,10-11,13-14H2,1-7H3/b12-9-. The van der Waals surface area contributed by atoms with E-state index >= 15 is 0 Å². The van der Waals surface area contributed by atoms with Crippen LogP contribution in [0.2, 0.25) is 0 Å². The van der Waals surface area contributed by atoms with E-state index in [0.717, 1.165) is 19.3 Å². The van der Waals surface area contributed by atoms with Gasteiger partial charge in [0.15, 0.2) is 0 Å². The molecule has 0 aromatic carbocycles. The van der Waals surface area contributed by atoms with Crippen molar-refractivity contribution in [3.05, 3.63) is 12.2 Å². The lowest BCUT2D eigenvalue weighted by atomic mass is 9.85. The highest BCUT2D eigenvalue weighted by atomic mass is 16.5. The largest absolute Gasteiger partial charge is 0.465 e. The fraction of sp³-hybridized carbons (Fsp3) is 0.833. The molecule has 2 nitrogen and oxygen atoms in total. The summed E-state index contributed by atoms with van der Waals surface area (Å²) in [4.78, 5) is 11.7. The first-order valence-corrected chi connectivity index (χ1v) is 7.89. The van der Waals surface area contributed by atoms with Crippen LogP contribution < -0.4 is 0 Å². The van der Waals surface area contributed by atoms with E-state index < -0.39 is 0 Å². The SMILES string of the molecule is CCC(C)COC(=O)CCC(C)(C)/C=C\CC(C)(C)C. The first-order valence-electron chi connectivity index (χ1n) is 7.89. The molecule has 20 heavy (non-hydrogen) atoms. The van der Waals surface area contributed by atoms with E-state index in [2.05, 4.69) is 60.6 Å². The molecule has 0 aliphatic carbocycles. The second-order valence-electron chi connectivity index (χ2n) is 7.85. The van der Waals surface area contributed by atoms with Crippen LogP contribution in [0.3, 0.4) is 0 Å². The number of allylic oxidation sites excluding steroid dienone is 2. The van der Waals surface area contributed by atoms with Crippen LogP contribution in [-0.4, -0.2) is 12.6 Å². The van der Waals surface area contributed by atoms with Crippen LogP contribution in [0.1, 0.15) is 74.1 Å². The van der Waals surface area contributed by atoms with Crippen LogP contribution in [0, 0.1) is 16.7 Å². The van der Waals surface area contributed by atoms with Crippen LogP contribution in [-0.2, 0) is 9.53 Å². The zero-order valence-corrected chi connectivity index (χ0v) is 14.6. The number of esters is 1. The van der Waals surface area contributed by atoms with Gasteiger partial charge in [-0.3, -0.25) is 4.79 Å². The molecule has 0 amide bonds. The van der Waals surface area contributed by atoms with Crippen molar-refractivity contribution in [2.45, 2.75) is 74.1 Å². The van der Waals surface area contributed by atoms with E-state index in [0.29, 0.717) is 24.4 Å². The van der Waals surface area contributed by atoms with Gasteiger partial charge in [0, 0.05) is 6.42 Å². The fourth-order valence-electron chi connectivity index (χ4n) is 1.66. The molecule has 0 saturated carbocycles. The number of hydrogen-bond acceptors (Lipinski definition) is 2. The monoisotopic (exact) mass is 282 g/mol. The number of carbonyl (C=O) groups is 1. The maximum atomic E-state index is 11.7. The first kappa shape index (κ1) is 19.2. The van der Waals surface area contributed by atoms with Crippen molar-refractivity contribution in [2.75, 3.05) is 6.61 Å². The van der Waals surface area contributed by atoms with Gasteiger partial charge in [0.25, 0.3) is 0 Å². The molecule has 2 heteroatoms. The van der Waals surface area contributed by atoms with Gasteiger partial charge >= 0.3 is 5.97 Å². The molecule has 0 radical (unpaired) electrons. The Kier molecular flexibility index (Phi) is 8.15. The summed E-state index contributed by atoms with van der Waals surface area (Å²) in [6.07, 6.45) is 7.93. The summed E-state index contributed by atoms with van der Waals surface area (Å²) in [6.45, 7) is 15.8. The predicted molar refractivity (Wildman–Crippen MR) is 86.6 cm³/mol. The normalized spacial score (nSPS) is 14.6. The van der Waals surface area contributed by atoms with Gasteiger partial charge in [-0.05, 0) is 29.6 Å². The molecule has 0 N–H and O–H groups in total. The molecule has 0 aliphatic rings. The van der Waals surface area contributed by atoms with Crippen molar-refractivity contribution in [3.63, 3.8) is 0 Å². The minimum Gasteiger partial charge on any atom is -0.465 e. The van der Waals surface area contributed by atoms with Gasteiger partial charge in [-0.15, -0.1) is 0 Å². The van der Waals surface area contributed by atoms with Crippen molar-refractivity contribution in [1.29, 1.82) is 0 Å². The van der Waals surface area contributed by atoms with Gasteiger partial charge in [0.2, 0.25) is 0 Å². The molecule has 0 rings (SSSR count). The Morgan fingerprint density at radius 1 is 1.20 bits per heavy atom. The summed E-state index contributed by atoms with van der Waals surface area (Å²) < 4.78 is 5.29. The van der Waals surface area contributed by atoms with Gasteiger partial charge in [-0.1, -0.05) is 67.0 Å². The Balaban J connectivity index is 4.05. The highest BCUT2D eigenvalue weighted by molar-refractivity contribution is 5.69. The molecule has 118 valence electrons. The molecule has 0 fully saturated rings. The number of rotatable bonds is 8. The molecule has 1 atom stereocenters. The van der Waals surface area contributed by atoms with Crippen LogP contribution in [0.25, 0.3) is 0 Å². The average Bonchev–Trinajstić information content (AvgIpc) is 2.31. The summed E-state index contributed by atoms with van der Waals surface area (Å²) in [5.74, 6) is 0.390. The third-order valence-corrected chi connectivity index (χ3v) is 3.50. The van der Waals surface area contributed by atoms with Crippen LogP contribution in [0.5, 0.6) is 0 Å². The summed E-state index contributed by atoms with van der Waals surface area (Å²) in [7, 11) is 0. The smallest absolute Gasteiger partial charge is 0.305 e. The Labute approximate surface area is 126 Å². The average molecular weight is 282 g/mol. The van der Waals surface area contributed by atoms with E-state index in [1.807, 2.05) is 0 Å². The van der Waals surface area contributed by atoms with Gasteiger partial charge in [-0.25, -0.2) is 0 Å². The summed E-state index contributed by atoms with van der Waals surface area (Å²) in [5.41, 5.74) is 0.377. The van der Waals surface area contributed by atoms with Gasteiger partial charge in [0.1, 0.15) is 0 Å². The Bertz CT molecular complexity index is 308. The summed E-state index contributed by atoms with van der Waals surface area (Å²) in [6, 6.07) is 0. The van der Waals surface area contributed by atoms with E-state index in [1.54, 1.807) is 0 Å². The zero-order valence-electron chi connectivity index (χ0n) is 14.6. The highest BCUT2D eigenvalue weighted by Crippen LogP contribution is 2.27. The van der Waals surface area contributed by atoms with Crippen LogP contribution in [0.4, 0.5) is 0 Å². The molecule has 0 aromatic heterocycles. The third kappa shape index (κ3) is 11.1. The lowest BCUT2D eigenvalue weighted by Crippen LogP contribution is -2.15. The number of carbonyl (C=O) groups excluding carboxylic acids is 1. The van der Waals surface area contributed by atoms with Gasteiger partial charge < -0.3 is 4.74 Å². The number of ether oxygens (including phenoxy) is 1. The van der Waals surface area contributed by atoms with E-state index in [4.69, 9.17) is 4.74 Å². The van der Waals surface area contributed by atoms with Crippen molar-refractivity contribution in [3.8, 4) is 0 Å². The third-order valence-electron chi connectivity index (χ3n) is 3.50. The van der Waals surface area contributed by atoms with Crippen molar-refractivity contribution in [1.82, 2.24) is 0 Å². The maximum Gasteiger partial charge on any atom is 0.305 e. The molecule has 0 aliphatic heterocycles. The minimum atomic E-state index is -0.0670. The zero-order chi connectivity index (χ0) is 15.8. The van der Waals surface area contributed by atoms with E-state index in [9.17, 15) is 4.79 Å². The highest BCUT2D eigenvalue weighted by Gasteiger charge is 2.17. The quantitative estimate of drug-likeness (QED) is 0.441. The lowest BCUT2D eigenvalue weighted by Gasteiger charge is -2.21. The fourth-order valence-corrected chi connectivity index (χ4v) is 1.66. The Morgan fingerprint density at radius 3 is 2.30 bits per heavy atom. The Hall–Kier alpha value is -0.790. The lowest BCUT2D eigenvalue weighted by molar-refractivity contribution is -0.145. The molecule has 0 saturated heterocycles. The van der Waals surface area contributed by atoms with Crippen molar-refractivity contribution >= 4 is 5.97 Å². The summed E-state index contributed by atoms with van der Waals surface area (Å²) >= 11 is 0. The molecular weight excluding hydrogens is 248 g/mol. The molecule has 1 unspecified atom stereocenters. The first-order chi connectivity index (χ1) is 9.06. The predicted octanol–water partition coefficient (Wildman–Crippen LogP) is 5.37. The topological polar surface area (TPSA) is 26.3 Å². The Morgan fingerprint density at radius 2 is 1.80 bits per heavy atom. The minimum absolute atomic E-state index is 0.0562. The molecule has 0 heterocycles. The number of hydrogen-bond donors (Lipinski definition) is 0. The van der Waals surface area contributed by atoms with Crippen LogP contribution >= 0.6 is 0 Å². The van der Waals surface area contributed by atoms with Crippen LogP contribution in [0.15, 0.2) is 12.2 Å². The molecule has 0 spiro atoms.